The summed E-state index contributed by atoms with van der Waals surface area (Å²) in [7, 11) is 0. The van der Waals surface area contributed by atoms with Crippen LogP contribution in [0.1, 0.15) is 30.1 Å². The smallest absolute Gasteiger partial charge is 0.326 e. The fourth-order valence-corrected chi connectivity index (χ4v) is 3.20. The first-order chi connectivity index (χ1) is 10.0. The summed E-state index contributed by atoms with van der Waals surface area (Å²) in [5.74, 6) is -1.26. The molecular formula is C15H17NO4S. The van der Waals surface area contributed by atoms with Crippen molar-refractivity contribution in [2.45, 2.75) is 31.1 Å². The second-order valence-corrected chi connectivity index (χ2v) is 6.26. The zero-order chi connectivity index (χ0) is 15.4. The van der Waals surface area contributed by atoms with E-state index in [1.54, 1.807) is 31.2 Å². The third kappa shape index (κ3) is 3.64. The Labute approximate surface area is 127 Å². The molecule has 0 aromatic heterocycles. The molecule has 0 radical (unpaired) electrons. The Morgan fingerprint density at radius 3 is 2.57 bits per heavy atom. The standard InChI is InChI=1S/C15H17NO4S/c1-10(21-15(20)11-6-3-2-4-7-11)13(17)16-9-5-8-12(16)14(18)19/h2-4,6-7,10,12H,5,8-9H2,1H3,(H,18,19)/t10?,12-/m0/s1. The Balaban J connectivity index is 2.00. The molecule has 0 saturated carbocycles. The Hall–Kier alpha value is -1.82. The normalized spacial score (nSPS) is 19.3. The van der Waals surface area contributed by atoms with Gasteiger partial charge in [0.05, 0.1) is 5.25 Å². The minimum absolute atomic E-state index is 0.178. The van der Waals surface area contributed by atoms with E-state index in [4.69, 9.17) is 5.11 Å². The highest BCUT2D eigenvalue weighted by Gasteiger charge is 2.36. The van der Waals surface area contributed by atoms with Gasteiger partial charge in [-0.15, -0.1) is 0 Å². The summed E-state index contributed by atoms with van der Waals surface area (Å²) in [4.78, 5) is 36.9. The molecule has 2 rings (SSSR count). The number of carboxylic acid groups (broad SMARTS) is 1. The first-order valence-electron chi connectivity index (χ1n) is 6.80. The summed E-state index contributed by atoms with van der Waals surface area (Å²) < 4.78 is 0. The first kappa shape index (κ1) is 15.6. The molecule has 1 heterocycles. The number of carboxylic acids is 1. The third-order valence-electron chi connectivity index (χ3n) is 3.46. The van der Waals surface area contributed by atoms with Crippen LogP contribution in [0.3, 0.4) is 0 Å². The molecule has 0 bridgehead atoms. The highest BCUT2D eigenvalue weighted by atomic mass is 32.2. The van der Waals surface area contributed by atoms with E-state index in [0.717, 1.165) is 11.8 Å². The fraction of sp³-hybridized carbons (Fsp3) is 0.400. The number of carbonyl (C=O) groups is 3. The van der Waals surface area contributed by atoms with E-state index in [9.17, 15) is 14.4 Å². The third-order valence-corrected chi connectivity index (χ3v) is 4.47. The van der Waals surface area contributed by atoms with Crippen LogP contribution in [0.2, 0.25) is 0 Å². The number of aliphatic carboxylic acids is 1. The van der Waals surface area contributed by atoms with Gasteiger partial charge in [0.1, 0.15) is 6.04 Å². The summed E-state index contributed by atoms with van der Waals surface area (Å²) in [6.07, 6.45) is 1.16. The maximum absolute atomic E-state index is 12.3. The molecule has 0 spiro atoms. The predicted molar refractivity (Wildman–Crippen MR) is 80.2 cm³/mol. The lowest BCUT2D eigenvalue weighted by Gasteiger charge is -2.24. The maximum atomic E-state index is 12.3. The fourth-order valence-electron chi connectivity index (χ4n) is 2.37. The highest BCUT2D eigenvalue weighted by molar-refractivity contribution is 8.15. The van der Waals surface area contributed by atoms with Gasteiger partial charge in [-0.25, -0.2) is 4.79 Å². The van der Waals surface area contributed by atoms with Crippen LogP contribution in [0.25, 0.3) is 0 Å². The van der Waals surface area contributed by atoms with Crippen LogP contribution in [0.4, 0.5) is 0 Å². The molecule has 1 unspecified atom stereocenters. The molecule has 1 amide bonds. The average molecular weight is 307 g/mol. The topological polar surface area (TPSA) is 74.7 Å². The van der Waals surface area contributed by atoms with E-state index in [2.05, 4.69) is 0 Å². The van der Waals surface area contributed by atoms with Gasteiger partial charge in [0.2, 0.25) is 11.0 Å². The molecule has 1 N–H and O–H groups in total. The largest absolute Gasteiger partial charge is 0.480 e. The Bertz CT molecular complexity index is 546. The van der Waals surface area contributed by atoms with Crippen LogP contribution in [0.5, 0.6) is 0 Å². The van der Waals surface area contributed by atoms with Gasteiger partial charge in [-0.1, -0.05) is 42.1 Å². The zero-order valence-corrected chi connectivity index (χ0v) is 12.5. The van der Waals surface area contributed by atoms with Crippen molar-refractivity contribution < 1.29 is 19.5 Å². The quantitative estimate of drug-likeness (QED) is 0.921. The van der Waals surface area contributed by atoms with Gasteiger partial charge in [-0.05, 0) is 19.8 Å². The molecule has 1 aromatic rings. The Morgan fingerprint density at radius 1 is 1.29 bits per heavy atom. The minimum atomic E-state index is -0.979. The SMILES string of the molecule is CC(SC(=O)c1ccccc1)C(=O)N1CCC[C@H]1C(=O)O. The van der Waals surface area contributed by atoms with Crippen LogP contribution in [-0.4, -0.2) is 44.8 Å². The second-order valence-electron chi connectivity index (χ2n) is 4.94. The second kappa shape index (κ2) is 6.76. The number of nitrogens with zero attached hydrogens (tertiary/aromatic N) is 1. The lowest BCUT2D eigenvalue weighted by atomic mass is 10.2. The molecule has 1 saturated heterocycles. The number of rotatable bonds is 4. The number of hydrogen-bond acceptors (Lipinski definition) is 4. The van der Waals surface area contributed by atoms with Crippen molar-refractivity contribution >= 4 is 28.8 Å². The molecule has 21 heavy (non-hydrogen) atoms. The zero-order valence-electron chi connectivity index (χ0n) is 11.7. The van der Waals surface area contributed by atoms with Gasteiger partial charge in [0.15, 0.2) is 0 Å². The van der Waals surface area contributed by atoms with Gasteiger partial charge in [-0.2, -0.15) is 0 Å². The van der Waals surface area contributed by atoms with Gasteiger partial charge >= 0.3 is 5.97 Å². The van der Waals surface area contributed by atoms with Crippen LogP contribution >= 0.6 is 11.8 Å². The molecule has 6 heteroatoms. The minimum Gasteiger partial charge on any atom is -0.480 e. The van der Waals surface area contributed by atoms with E-state index in [-0.39, 0.29) is 11.0 Å². The molecule has 0 aliphatic carbocycles. The molecule has 112 valence electrons. The summed E-state index contributed by atoms with van der Waals surface area (Å²) in [5.41, 5.74) is 0.540. The Morgan fingerprint density at radius 2 is 1.95 bits per heavy atom. The van der Waals surface area contributed by atoms with E-state index < -0.39 is 17.3 Å². The van der Waals surface area contributed by atoms with E-state index in [0.29, 0.717) is 24.9 Å². The van der Waals surface area contributed by atoms with Crippen LogP contribution in [0, 0.1) is 0 Å². The Kier molecular flexibility index (Phi) is 5.01. The van der Waals surface area contributed by atoms with E-state index in [1.165, 1.54) is 4.90 Å². The molecule has 5 nitrogen and oxygen atoms in total. The van der Waals surface area contributed by atoms with Crippen molar-refractivity contribution in [2.24, 2.45) is 0 Å². The van der Waals surface area contributed by atoms with Crippen molar-refractivity contribution in [1.82, 2.24) is 4.90 Å². The molecule has 1 aliphatic rings. The van der Waals surface area contributed by atoms with Crippen molar-refractivity contribution in [3.8, 4) is 0 Å². The van der Waals surface area contributed by atoms with Crippen molar-refractivity contribution in [1.29, 1.82) is 0 Å². The highest BCUT2D eigenvalue weighted by Crippen LogP contribution is 2.24. The molecule has 2 atom stereocenters. The molecule has 1 aliphatic heterocycles. The number of benzene rings is 1. The van der Waals surface area contributed by atoms with E-state index >= 15 is 0 Å². The number of amides is 1. The number of thioether (sulfide) groups is 1. The lowest BCUT2D eigenvalue weighted by Crippen LogP contribution is -2.44. The van der Waals surface area contributed by atoms with Gasteiger partial charge in [0.25, 0.3) is 0 Å². The summed E-state index contributed by atoms with van der Waals surface area (Å²) in [5, 5.41) is 8.34. The van der Waals surface area contributed by atoms with E-state index in [1.807, 2.05) is 6.07 Å². The first-order valence-corrected chi connectivity index (χ1v) is 7.68. The van der Waals surface area contributed by atoms with Crippen LogP contribution in [-0.2, 0) is 9.59 Å². The monoisotopic (exact) mass is 307 g/mol. The summed E-state index contributed by atoms with van der Waals surface area (Å²) in [6.45, 7) is 2.09. The summed E-state index contributed by atoms with van der Waals surface area (Å²) >= 11 is 0.938. The van der Waals surface area contributed by atoms with Gasteiger partial charge < -0.3 is 10.0 Å². The summed E-state index contributed by atoms with van der Waals surface area (Å²) in [6, 6.07) is 7.98. The average Bonchev–Trinajstić information content (AvgIpc) is 2.96. The lowest BCUT2D eigenvalue weighted by molar-refractivity contribution is -0.147. The van der Waals surface area contributed by atoms with Gasteiger partial charge in [0, 0.05) is 12.1 Å². The number of likely N-dealkylation sites (tertiary alicyclic amines) is 1. The van der Waals surface area contributed by atoms with Gasteiger partial charge in [-0.3, -0.25) is 9.59 Å². The maximum Gasteiger partial charge on any atom is 0.326 e. The van der Waals surface area contributed by atoms with Crippen molar-refractivity contribution in [3.05, 3.63) is 35.9 Å². The number of carbonyl (C=O) groups excluding carboxylic acids is 2. The van der Waals surface area contributed by atoms with Crippen LogP contribution < -0.4 is 0 Å². The van der Waals surface area contributed by atoms with Crippen LogP contribution in [0.15, 0.2) is 30.3 Å². The molecular weight excluding hydrogens is 290 g/mol. The molecule has 1 fully saturated rings. The van der Waals surface area contributed by atoms with Crippen molar-refractivity contribution in [2.75, 3.05) is 6.54 Å². The predicted octanol–water partition coefficient (Wildman–Crippen LogP) is 2.02. The number of hydrogen-bond donors (Lipinski definition) is 1. The van der Waals surface area contributed by atoms with Crippen molar-refractivity contribution in [3.63, 3.8) is 0 Å². The molecule has 1 aromatic carbocycles.